The molecule has 0 spiro atoms. The van der Waals surface area contributed by atoms with Crippen LogP contribution in [-0.2, 0) is 4.79 Å². The molecular weight excluding hydrogens is 261 g/mol. The van der Waals surface area contributed by atoms with Crippen LogP contribution in [0.15, 0.2) is 24.3 Å². The van der Waals surface area contributed by atoms with Crippen molar-refractivity contribution in [2.45, 2.75) is 6.36 Å². The standard InChI is InChI=1S/C10H6ClF3O3/c11-7-3-6(1-2-9(15)16)4-8(5-7)17-10(12,13)14/h1-5H,(H,15,16). The molecule has 0 heterocycles. The molecule has 0 radical (unpaired) electrons. The van der Waals surface area contributed by atoms with E-state index in [1.165, 1.54) is 6.07 Å². The Labute approximate surface area is 99.1 Å². The molecule has 0 atom stereocenters. The second-order valence-electron chi connectivity index (χ2n) is 2.94. The molecule has 0 saturated heterocycles. The fraction of sp³-hybridized carbons (Fsp3) is 0.100. The van der Waals surface area contributed by atoms with Crippen LogP contribution in [0, 0.1) is 0 Å². The Morgan fingerprint density at radius 3 is 2.53 bits per heavy atom. The monoisotopic (exact) mass is 266 g/mol. The maximum absolute atomic E-state index is 11.9. The molecule has 7 heteroatoms. The highest BCUT2D eigenvalue weighted by atomic mass is 35.5. The SMILES string of the molecule is O=C(O)C=Cc1cc(Cl)cc(OC(F)(F)F)c1. The first-order chi connectivity index (χ1) is 7.76. The molecule has 0 aromatic heterocycles. The Morgan fingerprint density at radius 2 is 2.00 bits per heavy atom. The molecule has 0 amide bonds. The topological polar surface area (TPSA) is 46.5 Å². The number of aliphatic carboxylic acids is 1. The van der Waals surface area contributed by atoms with Crippen LogP contribution >= 0.6 is 11.6 Å². The summed E-state index contributed by atoms with van der Waals surface area (Å²) in [4.78, 5) is 10.2. The first kappa shape index (κ1) is 13.4. The molecule has 1 aromatic rings. The molecule has 0 bridgehead atoms. The Morgan fingerprint density at radius 1 is 1.35 bits per heavy atom. The van der Waals surface area contributed by atoms with Crippen molar-refractivity contribution in [3.8, 4) is 5.75 Å². The summed E-state index contributed by atoms with van der Waals surface area (Å²) in [6, 6.07) is 3.32. The third-order valence-corrected chi connectivity index (χ3v) is 1.76. The summed E-state index contributed by atoms with van der Waals surface area (Å²) in [5, 5.41) is 8.38. The van der Waals surface area contributed by atoms with Crippen molar-refractivity contribution < 1.29 is 27.8 Å². The smallest absolute Gasteiger partial charge is 0.478 e. The van der Waals surface area contributed by atoms with Crippen molar-refractivity contribution >= 4 is 23.6 Å². The molecule has 0 aliphatic heterocycles. The molecule has 3 nitrogen and oxygen atoms in total. The Hall–Kier alpha value is -1.69. The lowest BCUT2D eigenvalue weighted by Gasteiger charge is -2.09. The summed E-state index contributed by atoms with van der Waals surface area (Å²) < 4.78 is 39.5. The summed E-state index contributed by atoms with van der Waals surface area (Å²) in [6.45, 7) is 0. The van der Waals surface area contributed by atoms with Gasteiger partial charge in [-0.3, -0.25) is 0 Å². The van der Waals surface area contributed by atoms with Gasteiger partial charge in [0.05, 0.1) is 0 Å². The number of carboxylic acids is 1. The lowest BCUT2D eigenvalue weighted by molar-refractivity contribution is -0.274. The van der Waals surface area contributed by atoms with Gasteiger partial charge in [0.25, 0.3) is 0 Å². The molecule has 92 valence electrons. The molecule has 0 aliphatic carbocycles. The highest BCUT2D eigenvalue weighted by Crippen LogP contribution is 2.27. The molecule has 1 rings (SSSR count). The first-order valence-corrected chi connectivity index (χ1v) is 4.61. The molecule has 0 aliphatic rings. The number of hydrogen-bond acceptors (Lipinski definition) is 2. The van der Waals surface area contributed by atoms with Crippen LogP contribution in [0.3, 0.4) is 0 Å². The van der Waals surface area contributed by atoms with Crippen molar-refractivity contribution in [3.05, 3.63) is 34.9 Å². The van der Waals surface area contributed by atoms with Crippen LogP contribution in [0.4, 0.5) is 13.2 Å². The van der Waals surface area contributed by atoms with E-state index in [9.17, 15) is 18.0 Å². The van der Waals surface area contributed by atoms with Gasteiger partial charge in [-0.1, -0.05) is 11.6 Å². The summed E-state index contributed by atoms with van der Waals surface area (Å²) in [5.41, 5.74) is 0.194. The van der Waals surface area contributed by atoms with Gasteiger partial charge < -0.3 is 9.84 Å². The van der Waals surface area contributed by atoms with E-state index in [1.807, 2.05) is 0 Å². The predicted octanol–water partition coefficient (Wildman–Crippen LogP) is 3.34. The zero-order chi connectivity index (χ0) is 13.1. The summed E-state index contributed by atoms with van der Waals surface area (Å²) >= 11 is 5.57. The van der Waals surface area contributed by atoms with E-state index in [4.69, 9.17) is 16.7 Å². The van der Waals surface area contributed by atoms with Crippen LogP contribution in [0.5, 0.6) is 5.75 Å². The van der Waals surface area contributed by atoms with Gasteiger partial charge in [-0.25, -0.2) is 4.79 Å². The van der Waals surface area contributed by atoms with Gasteiger partial charge >= 0.3 is 12.3 Å². The molecule has 1 aromatic carbocycles. The number of halogens is 4. The van der Waals surface area contributed by atoms with Gasteiger partial charge in [0.15, 0.2) is 0 Å². The normalized spacial score (nSPS) is 11.8. The third-order valence-electron chi connectivity index (χ3n) is 1.55. The molecule has 17 heavy (non-hydrogen) atoms. The van der Waals surface area contributed by atoms with E-state index in [-0.39, 0.29) is 10.6 Å². The second kappa shape index (κ2) is 5.09. The number of carbonyl (C=O) groups is 1. The van der Waals surface area contributed by atoms with Crippen molar-refractivity contribution in [3.63, 3.8) is 0 Å². The van der Waals surface area contributed by atoms with E-state index >= 15 is 0 Å². The third kappa shape index (κ3) is 5.26. The fourth-order valence-corrected chi connectivity index (χ4v) is 1.27. The molecule has 0 unspecified atom stereocenters. The lowest BCUT2D eigenvalue weighted by atomic mass is 10.2. The number of benzene rings is 1. The molecular formula is C10H6ClF3O3. The van der Waals surface area contributed by atoms with Gasteiger partial charge in [-0.2, -0.15) is 0 Å². The minimum atomic E-state index is -4.82. The largest absolute Gasteiger partial charge is 0.573 e. The molecule has 1 N–H and O–H groups in total. The second-order valence-corrected chi connectivity index (χ2v) is 3.38. The zero-order valence-electron chi connectivity index (χ0n) is 8.16. The van der Waals surface area contributed by atoms with Crippen molar-refractivity contribution in [1.29, 1.82) is 0 Å². The van der Waals surface area contributed by atoms with E-state index in [0.29, 0.717) is 0 Å². The Bertz CT molecular complexity index is 455. The lowest BCUT2D eigenvalue weighted by Crippen LogP contribution is -2.17. The van der Waals surface area contributed by atoms with Crippen LogP contribution in [-0.4, -0.2) is 17.4 Å². The number of ether oxygens (including phenoxy) is 1. The first-order valence-electron chi connectivity index (χ1n) is 4.23. The maximum atomic E-state index is 11.9. The van der Waals surface area contributed by atoms with Crippen molar-refractivity contribution in [2.75, 3.05) is 0 Å². The molecule has 0 fully saturated rings. The average Bonchev–Trinajstić information content (AvgIpc) is 2.10. The van der Waals surface area contributed by atoms with Gasteiger partial charge in [-0.05, 0) is 29.8 Å². The van der Waals surface area contributed by atoms with E-state index in [0.717, 1.165) is 24.3 Å². The van der Waals surface area contributed by atoms with E-state index < -0.39 is 18.1 Å². The zero-order valence-corrected chi connectivity index (χ0v) is 8.92. The maximum Gasteiger partial charge on any atom is 0.573 e. The highest BCUT2D eigenvalue weighted by Gasteiger charge is 2.31. The summed E-state index contributed by atoms with van der Waals surface area (Å²) in [7, 11) is 0. The van der Waals surface area contributed by atoms with Gasteiger partial charge in [0.2, 0.25) is 0 Å². The van der Waals surface area contributed by atoms with Gasteiger partial charge in [0, 0.05) is 11.1 Å². The van der Waals surface area contributed by atoms with Crippen LogP contribution < -0.4 is 4.74 Å². The Balaban J connectivity index is 2.98. The highest BCUT2D eigenvalue weighted by molar-refractivity contribution is 6.30. The number of rotatable bonds is 3. The number of carboxylic acid groups (broad SMARTS) is 1. The summed E-state index contributed by atoms with van der Waals surface area (Å²) in [6.07, 6.45) is -2.93. The van der Waals surface area contributed by atoms with Crippen molar-refractivity contribution in [1.82, 2.24) is 0 Å². The summed E-state index contributed by atoms with van der Waals surface area (Å²) in [5.74, 6) is -1.72. The van der Waals surface area contributed by atoms with Crippen molar-refractivity contribution in [2.24, 2.45) is 0 Å². The minimum absolute atomic E-state index is 0.0109. The Kier molecular flexibility index (Phi) is 4.01. The minimum Gasteiger partial charge on any atom is -0.478 e. The van der Waals surface area contributed by atoms with Crippen LogP contribution in [0.1, 0.15) is 5.56 Å². The van der Waals surface area contributed by atoms with E-state index in [1.54, 1.807) is 0 Å². The number of hydrogen-bond donors (Lipinski definition) is 1. The van der Waals surface area contributed by atoms with E-state index in [2.05, 4.69) is 4.74 Å². The predicted molar refractivity (Wildman–Crippen MR) is 54.8 cm³/mol. The fourth-order valence-electron chi connectivity index (χ4n) is 1.04. The van der Waals surface area contributed by atoms with Crippen LogP contribution in [0.25, 0.3) is 6.08 Å². The quantitative estimate of drug-likeness (QED) is 0.854. The number of alkyl halides is 3. The van der Waals surface area contributed by atoms with Crippen LogP contribution in [0.2, 0.25) is 5.02 Å². The molecule has 0 saturated carbocycles. The van der Waals surface area contributed by atoms with Gasteiger partial charge in [-0.15, -0.1) is 13.2 Å². The average molecular weight is 267 g/mol. The van der Waals surface area contributed by atoms with Gasteiger partial charge in [0.1, 0.15) is 5.75 Å².